The van der Waals surface area contributed by atoms with Crippen molar-refractivity contribution < 1.29 is 14.6 Å². The molecule has 78 valence electrons. The third-order valence-electron chi connectivity index (χ3n) is 2.21. The van der Waals surface area contributed by atoms with Gasteiger partial charge in [-0.3, -0.25) is 0 Å². The minimum absolute atomic E-state index is 0.270. The Kier molecular flexibility index (Phi) is 2.33. The molecule has 1 aromatic carbocycles. The number of para-hydroxylation sites is 1. The Balaban J connectivity index is 2.63. The Bertz CT molecular complexity index is 502. The zero-order valence-corrected chi connectivity index (χ0v) is 8.28. The third kappa shape index (κ3) is 1.54. The van der Waals surface area contributed by atoms with Crippen LogP contribution in [0.25, 0.3) is 10.9 Å². The summed E-state index contributed by atoms with van der Waals surface area (Å²) in [5.41, 5.74) is 1.00. The molecule has 4 nitrogen and oxygen atoms in total. The van der Waals surface area contributed by atoms with E-state index < -0.39 is 5.97 Å². The van der Waals surface area contributed by atoms with Crippen molar-refractivity contribution in [2.24, 2.45) is 0 Å². The number of aromatic amines is 1. The number of hydrogen-bond donors (Lipinski definition) is 2. The molecule has 2 rings (SSSR count). The van der Waals surface area contributed by atoms with Gasteiger partial charge in [-0.05, 0) is 13.0 Å². The van der Waals surface area contributed by atoms with Crippen LogP contribution >= 0.6 is 0 Å². The Hall–Kier alpha value is -1.97. The van der Waals surface area contributed by atoms with E-state index in [9.17, 15) is 4.79 Å². The van der Waals surface area contributed by atoms with Crippen LogP contribution in [0.1, 0.15) is 17.3 Å². The molecule has 0 aliphatic heterocycles. The highest BCUT2D eigenvalue weighted by Crippen LogP contribution is 2.27. The number of aromatic nitrogens is 1. The fourth-order valence-electron chi connectivity index (χ4n) is 1.58. The highest BCUT2D eigenvalue weighted by Gasteiger charge is 2.12. The highest BCUT2D eigenvalue weighted by atomic mass is 16.5. The normalized spacial score (nSPS) is 10.5. The first-order valence-corrected chi connectivity index (χ1v) is 4.70. The number of rotatable bonds is 3. The quantitative estimate of drug-likeness (QED) is 0.807. The first kappa shape index (κ1) is 9.58. The van der Waals surface area contributed by atoms with Gasteiger partial charge in [-0.2, -0.15) is 0 Å². The minimum atomic E-state index is -0.935. The van der Waals surface area contributed by atoms with Gasteiger partial charge in [0.15, 0.2) is 0 Å². The van der Waals surface area contributed by atoms with Crippen LogP contribution in [0.4, 0.5) is 0 Å². The SMILES string of the molecule is CCOc1cccc2c(C(=O)O)c[nH]c12. The van der Waals surface area contributed by atoms with E-state index in [1.165, 1.54) is 6.20 Å². The van der Waals surface area contributed by atoms with Crippen molar-refractivity contribution in [2.45, 2.75) is 6.92 Å². The van der Waals surface area contributed by atoms with Crippen LogP contribution in [0.3, 0.4) is 0 Å². The molecule has 2 aromatic rings. The van der Waals surface area contributed by atoms with E-state index in [2.05, 4.69) is 4.98 Å². The number of fused-ring (bicyclic) bond motifs is 1. The molecule has 1 heterocycles. The number of aromatic carboxylic acids is 1. The van der Waals surface area contributed by atoms with E-state index in [1.807, 2.05) is 13.0 Å². The second-order valence-electron chi connectivity index (χ2n) is 3.12. The number of carboxylic acid groups (broad SMARTS) is 1. The van der Waals surface area contributed by atoms with Crippen molar-refractivity contribution in [3.8, 4) is 5.75 Å². The number of carbonyl (C=O) groups is 1. The van der Waals surface area contributed by atoms with Crippen LogP contribution in [0.5, 0.6) is 5.75 Å². The summed E-state index contributed by atoms with van der Waals surface area (Å²) in [5, 5.41) is 9.61. The molecule has 0 radical (unpaired) electrons. The number of ether oxygens (including phenoxy) is 1. The fourth-order valence-corrected chi connectivity index (χ4v) is 1.58. The highest BCUT2D eigenvalue weighted by molar-refractivity contribution is 6.04. The maximum Gasteiger partial charge on any atom is 0.337 e. The number of carboxylic acids is 1. The zero-order valence-electron chi connectivity index (χ0n) is 8.28. The molecule has 0 saturated carbocycles. The predicted octanol–water partition coefficient (Wildman–Crippen LogP) is 2.26. The zero-order chi connectivity index (χ0) is 10.8. The number of hydrogen-bond acceptors (Lipinski definition) is 2. The van der Waals surface area contributed by atoms with Gasteiger partial charge in [0.05, 0.1) is 17.7 Å². The molecule has 0 bridgehead atoms. The van der Waals surface area contributed by atoms with Crippen molar-refractivity contribution in [1.29, 1.82) is 0 Å². The van der Waals surface area contributed by atoms with Gasteiger partial charge in [0, 0.05) is 11.6 Å². The molecule has 1 aromatic heterocycles. The molecule has 0 unspecified atom stereocenters. The number of H-pyrrole nitrogens is 1. The van der Waals surface area contributed by atoms with Crippen LogP contribution in [0.2, 0.25) is 0 Å². The van der Waals surface area contributed by atoms with Gasteiger partial charge in [-0.15, -0.1) is 0 Å². The maximum absolute atomic E-state index is 10.9. The molecule has 0 amide bonds. The van der Waals surface area contributed by atoms with Crippen molar-refractivity contribution in [1.82, 2.24) is 4.98 Å². The van der Waals surface area contributed by atoms with Gasteiger partial charge in [-0.25, -0.2) is 4.79 Å². The summed E-state index contributed by atoms with van der Waals surface area (Å²) in [6.07, 6.45) is 1.48. The molecule has 15 heavy (non-hydrogen) atoms. The topological polar surface area (TPSA) is 62.3 Å². The summed E-state index contributed by atoms with van der Waals surface area (Å²) in [4.78, 5) is 13.8. The lowest BCUT2D eigenvalue weighted by Gasteiger charge is -2.03. The predicted molar refractivity (Wildman–Crippen MR) is 56.4 cm³/mol. The second-order valence-corrected chi connectivity index (χ2v) is 3.12. The molecule has 0 aliphatic carbocycles. The van der Waals surface area contributed by atoms with Crippen molar-refractivity contribution in [2.75, 3.05) is 6.61 Å². The standard InChI is InChI=1S/C11H11NO3/c1-2-15-9-5-3-4-7-8(11(13)14)6-12-10(7)9/h3-6,12H,2H2,1H3,(H,13,14). The summed E-state index contributed by atoms with van der Waals surface area (Å²) in [5.74, 6) is -0.252. The van der Waals surface area contributed by atoms with Gasteiger partial charge in [0.25, 0.3) is 0 Å². The van der Waals surface area contributed by atoms with E-state index in [4.69, 9.17) is 9.84 Å². The summed E-state index contributed by atoms with van der Waals surface area (Å²) in [6, 6.07) is 5.36. The van der Waals surface area contributed by atoms with E-state index in [-0.39, 0.29) is 5.56 Å². The monoisotopic (exact) mass is 205 g/mol. The molecule has 0 spiro atoms. The lowest BCUT2D eigenvalue weighted by Crippen LogP contribution is -1.94. The lowest BCUT2D eigenvalue weighted by molar-refractivity contribution is 0.0699. The molecule has 0 fully saturated rings. The Labute approximate surface area is 86.5 Å². The minimum Gasteiger partial charge on any atom is -0.492 e. The average molecular weight is 205 g/mol. The van der Waals surface area contributed by atoms with Crippen molar-refractivity contribution >= 4 is 16.9 Å². The largest absolute Gasteiger partial charge is 0.492 e. The molecule has 2 N–H and O–H groups in total. The summed E-state index contributed by atoms with van der Waals surface area (Å²) >= 11 is 0. The summed E-state index contributed by atoms with van der Waals surface area (Å²) in [7, 11) is 0. The van der Waals surface area contributed by atoms with Crippen LogP contribution < -0.4 is 4.74 Å². The van der Waals surface area contributed by atoms with Gasteiger partial charge in [0.2, 0.25) is 0 Å². The molecule has 4 heteroatoms. The molecular formula is C11H11NO3. The number of benzene rings is 1. The van der Waals surface area contributed by atoms with Gasteiger partial charge in [0.1, 0.15) is 5.75 Å². The summed E-state index contributed by atoms with van der Waals surface area (Å²) in [6.45, 7) is 2.44. The van der Waals surface area contributed by atoms with Gasteiger partial charge in [-0.1, -0.05) is 12.1 Å². The maximum atomic E-state index is 10.9. The molecule has 0 aliphatic rings. The van der Waals surface area contributed by atoms with Crippen molar-refractivity contribution in [3.05, 3.63) is 30.0 Å². The first-order valence-electron chi connectivity index (χ1n) is 4.70. The van der Waals surface area contributed by atoms with E-state index >= 15 is 0 Å². The fraction of sp³-hybridized carbons (Fsp3) is 0.182. The molecule has 0 saturated heterocycles. The van der Waals surface area contributed by atoms with E-state index in [1.54, 1.807) is 12.1 Å². The Morgan fingerprint density at radius 2 is 2.33 bits per heavy atom. The smallest absolute Gasteiger partial charge is 0.337 e. The van der Waals surface area contributed by atoms with Gasteiger partial charge >= 0.3 is 5.97 Å². The Morgan fingerprint density at radius 1 is 1.53 bits per heavy atom. The van der Waals surface area contributed by atoms with Crippen LogP contribution in [0, 0.1) is 0 Å². The molecule has 0 atom stereocenters. The van der Waals surface area contributed by atoms with E-state index in [0.29, 0.717) is 17.7 Å². The Morgan fingerprint density at radius 3 is 3.00 bits per heavy atom. The number of nitrogens with one attached hydrogen (secondary N) is 1. The third-order valence-corrected chi connectivity index (χ3v) is 2.21. The van der Waals surface area contributed by atoms with E-state index in [0.717, 1.165) is 5.52 Å². The first-order chi connectivity index (χ1) is 7.24. The second kappa shape index (κ2) is 3.65. The van der Waals surface area contributed by atoms with Crippen molar-refractivity contribution in [3.63, 3.8) is 0 Å². The average Bonchev–Trinajstić information content (AvgIpc) is 2.62. The van der Waals surface area contributed by atoms with Crippen LogP contribution in [-0.4, -0.2) is 22.7 Å². The lowest BCUT2D eigenvalue weighted by atomic mass is 10.1. The van der Waals surface area contributed by atoms with Gasteiger partial charge < -0.3 is 14.8 Å². The summed E-state index contributed by atoms with van der Waals surface area (Å²) < 4.78 is 5.39. The molecular weight excluding hydrogens is 194 g/mol. The van der Waals surface area contributed by atoms with Crippen LogP contribution in [0.15, 0.2) is 24.4 Å². The van der Waals surface area contributed by atoms with Crippen LogP contribution in [-0.2, 0) is 0 Å².